The lowest BCUT2D eigenvalue weighted by Gasteiger charge is -2.14. The van der Waals surface area contributed by atoms with E-state index in [-0.39, 0.29) is 5.91 Å². The summed E-state index contributed by atoms with van der Waals surface area (Å²) in [5, 5.41) is 6.38. The largest absolute Gasteiger partial charge is 0.384 e. The van der Waals surface area contributed by atoms with Crippen LogP contribution in [0.1, 0.15) is 35.6 Å². The Bertz CT molecular complexity index is 647. The Morgan fingerprint density at radius 3 is 2.48 bits per heavy atom. The van der Waals surface area contributed by atoms with Gasteiger partial charge in [0.25, 0.3) is 0 Å². The molecule has 0 aliphatic rings. The Hall–Kier alpha value is -2.29. The first-order valence-corrected chi connectivity index (χ1v) is 8.24. The quantitative estimate of drug-likeness (QED) is 0.812. The molecule has 0 atom stereocenters. The highest BCUT2D eigenvalue weighted by Gasteiger charge is 2.05. The molecule has 23 heavy (non-hydrogen) atoms. The monoisotopic (exact) mass is 310 g/mol. The Kier molecular flexibility index (Phi) is 6.21. The minimum absolute atomic E-state index is 0.0738. The van der Waals surface area contributed by atoms with Crippen LogP contribution < -0.4 is 10.6 Å². The van der Waals surface area contributed by atoms with Crippen molar-refractivity contribution in [3.63, 3.8) is 0 Å². The molecule has 2 N–H and O–H groups in total. The zero-order chi connectivity index (χ0) is 16.7. The van der Waals surface area contributed by atoms with Gasteiger partial charge in [0.2, 0.25) is 5.91 Å². The van der Waals surface area contributed by atoms with Crippen LogP contribution in [0.15, 0.2) is 42.5 Å². The molecule has 0 aliphatic heterocycles. The number of nitrogens with one attached hydrogen (secondary N) is 2. The van der Waals surface area contributed by atoms with E-state index < -0.39 is 0 Å². The third-order valence-corrected chi connectivity index (χ3v) is 4.00. The van der Waals surface area contributed by atoms with Gasteiger partial charge in [-0.2, -0.15) is 0 Å². The van der Waals surface area contributed by atoms with Gasteiger partial charge >= 0.3 is 0 Å². The molecular weight excluding hydrogens is 284 g/mol. The van der Waals surface area contributed by atoms with Crippen LogP contribution in [0.25, 0.3) is 0 Å². The Labute approximate surface area is 139 Å². The zero-order valence-corrected chi connectivity index (χ0v) is 14.3. The van der Waals surface area contributed by atoms with Crippen LogP contribution in [0.2, 0.25) is 0 Å². The molecule has 0 aromatic heterocycles. The number of carbonyl (C=O) groups is 1. The van der Waals surface area contributed by atoms with Gasteiger partial charge in [-0.15, -0.1) is 0 Å². The summed E-state index contributed by atoms with van der Waals surface area (Å²) in [7, 11) is 0. The standard InChI is InChI=1S/C20H26N2O/c1-4-18-7-5-6-16(3)20(18)21-13-12-19(23)22-14-17-10-8-15(2)9-11-17/h5-11,21H,4,12-14H2,1-3H3,(H,22,23). The molecule has 0 unspecified atom stereocenters. The summed E-state index contributed by atoms with van der Waals surface area (Å²) in [6.07, 6.45) is 1.47. The maximum absolute atomic E-state index is 12.0. The van der Waals surface area contributed by atoms with Crippen molar-refractivity contribution in [1.29, 1.82) is 0 Å². The van der Waals surface area contributed by atoms with E-state index in [1.54, 1.807) is 0 Å². The van der Waals surface area contributed by atoms with E-state index in [0.717, 1.165) is 12.0 Å². The molecule has 3 heteroatoms. The second kappa shape index (κ2) is 8.37. The number of para-hydroxylation sites is 1. The van der Waals surface area contributed by atoms with Gasteiger partial charge in [-0.3, -0.25) is 4.79 Å². The highest BCUT2D eigenvalue weighted by atomic mass is 16.1. The summed E-state index contributed by atoms with van der Waals surface area (Å²) in [5.74, 6) is 0.0738. The van der Waals surface area contributed by atoms with Crippen LogP contribution in [0.4, 0.5) is 5.69 Å². The summed E-state index contributed by atoms with van der Waals surface area (Å²) >= 11 is 0. The molecule has 0 aliphatic carbocycles. The fourth-order valence-corrected chi connectivity index (χ4v) is 2.57. The number of benzene rings is 2. The minimum atomic E-state index is 0.0738. The zero-order valence-electron chi connectivity index (χ0n) is 14.3. The first-order chi connectivity index (χ1) is 11.1. The Balaban J connectivity index is 1.78. The lowest BCUT2D eigenvalue weighted by atomic mass is 10.1. The van der Waals surface area contributed by atoms with Gasteiger partial charge in [-0.05, 0) is 37.0 Å². The number of hydrogen-bond donors (Lipinski definition) is 2. The maximum atomic E-state index is 12.0. The van der Waals surface area contributed by atoms with Crippen molar-refractivity contribution in [2.45, 2.75) is 40.2 Å². The molecular formula is C20H26N2O. The fourth-order valence-electron chi connectivity index (χ4n) is 2.57. The van der Waals surface area contributed by atoms with Crippen molar-refractivity contribution >= 4 is 11.6 Å². The Morgan fingerprint density at radius 1 is 1.04 bits per heavy atom. The van der Waals surface area contributed by atoms with E-state index in [9.17, 15) is 4.79 Å². The number of aryl methyl sites for hydroxylation is 3. The molecule has 2 rings (SSSR count). The highest BCUT2D eigenvalue weighted by molar-refractivity contribution is 5.76. The van der Waals surface area contributed by atoms with Crippen molar-refractivity contribution in [1.82, 2.24) is 5.32 Å². The van der Waals surface area contributed by atoms with Gasteiger partial charge in [0.1, 0.15) is 0 Å². The highest BCUT2D eigenvalue weighted by Crippen LogP contribution is 2.20. The van der Waals surface area contributed by atoms with Crippen molar-refractivity contribution in [2.75, 3.05) is 11.9 Å². The van der Waals surface area contributed by atoms with E-state index in [4.69, 9.17) is 0 Å². The van der Waals surface area contributed by atoms with Gasteiger partial charge in [0.15, 0.2) is 0 Å². The van der Waals surface area contributed by atoms with Crippen LogP contribution in [0.3, 0.4) is 0 Å². The molecule has 0 saturated heterocycles. The minimum Gasteiger partial charge on any atom is -0.384 e. The number of anilines is 1. The lowest BCUT2D eigenvalue weighted by Crippen LogP contribution is -2.25. The fraction of sp³-hybridized carbons (Fsp3) is 0.350. The predicted octanol–water partition coefficient (Wildman–Crippen LogP) is 3.98. The summed E-state index contributed by atoms with van der Waals surface area (Å²) in [6.45, 7) is 7.54. The van der Waals surface area contributed by atoms with Crippen molar-refractivity contribution in [3.8, 4) is 0 Å². The average molecular weight is 310 g/mol. The molecule has 122 valence electrons. The third-order valence-electron chi connectivity index (χ3n) is 4.00. The van der Waals surface area contributed by atoms with Crippen molar-refractivity contribution < 1.29 is 4.79 Å². The number of carbonyl (C=O) groups excluding carboxylic acids is 1. The summed E-state index contributed by atoms with van der Waals surface area (Å²) in [6, 6.07) is 14.5. The van der Waals surface area contributed by atoms with Crippen LogP contribution in [0, 0.1) is 13.8 Å². The molecule has 0 spiro atoms. The first kappa shape index (κ1) is 17.1. The summed E-state index contributed by atoms with van der Waals surface area (Å²) in [4.78, 5) is 12.0. The summed E-state index contributed by atoms with van der Waals surface area (Å²) < 4.78 is 0. The number of hydrogen-bond acceptors (Lipinski definition) is 2. The predicted molar refractivity (Wildman–Crippen MR) is 96.7 cm³/mol. The second-order valence-corrected chi connectivity index (χ2v) is 5.90. The molecule has 3 nitrogen and oxygen atoms in total. The van der Waals surface area contributed by atoms with E-state index in [1.807, 2.05) is 0 Å². The van der Waals surface area contributed by atoms with Gasteiger partial charge in [-0.1, -0.05) is 55.0 Å². The van der Waals surface area contributed by atoms with E-state index in [1.165, 1.54) is 22.4 Å². The van der Waals surface area contributed by atoms with Crippen molar-refractivity contribution in [2.24, 2.45) is 0 Å². The second-order valence-electron chi connectivity index (χ2n) is 5.90. The maximum Gasteiger partial charge on any atom is 0.222 e. The topological polar surface area (TPSA) is 41.1 Å². The van der Waals surface area contributed by atoms with E-state index >= 15 is 0 Å². The third kappa shape index (κ3) is 5.13. The van der Waals surface area contributed by atoms with Crippen LogP contribution in [-0.2, 0) is 17.8 Å². The molecule has 0 saturated carbocycles. The smallest absolute Gasteiger partial charge is 0.222 e. The van der Waals surface area contributed by atoms with E-state index in [0.29, 0.717) is 19.5 Å². The van der Waals surface area contributed by atoms with Crippen molar-refractivity contribution in [3.05, 3.63) is 64.7 Å². The van der Waals surface area contributed by atoms with Crippen LogP contribution >= 0.6 is 0 Å². The molecule has 0 bridgehead atoms. The average Bonchev–Trinajstić information content (AvgIpc) is 2.55. The van der Waals surface area contributed by atoms with Gasteiger partial charge in [-0.25, -0.2) is 0 Å². The molecule has 2 aromatic rings. The lowest BCUT2D eigenvalue weighted by molar-refractivity contribution is -0.121. The molecule has 2 aromatic carbocycles. The van der Waals surface area contributed by atoms with Gasteiger partial charge in [0.05, 0.1) is 0 Å². The normalized spacial score (nSPS) is 10.4. The van der Waals surface area contributed by atoms with Crippen LogP contribution in [0.5, 0.6) is 0 Å². The number of amides is 1. The SMILES string of the molecule is CCc1cccc(C)c1NCCC(=O)NCc1ccc(C)cc1. The van der Waals surface area contributed by atoms with Crippen LogP contribution in [-0.4, -0.2) is 12.5 Å². The van der Waals surface area contributed by atoms with Gasteiger partial charge in [0, 0.05) is 25.2 Å². The van der Waals surface area contributed by atoms with E-state index in [2.05, 4.69) is 73.9 Å². The molecule has 0 radical (unpaired) electrons. The molecule has 0 fully saturated rings. The van der Waals surface area contributed by atoms with Gasteiger partial charge < -0.3 is 10.6 Å². The summed E-state index contributed by atoms with van der Waals surface area (Å²) in [5.41, 5.74) is 6.05. The molecule has 1 amide bonds. The first-order valence-electron chi connectivity index (χ1n) is 8.24. The number of rotatable bonds is 7. The molecule has 0 heterocycles. The Morgan fingerprint density at radius 2 is 1.78 bits per heavy atom.